The second-order valence-corrected chi connectivity index (χ2v) is 3.23. The number of hydrogen-bond acceptors (Lipinski definition) is 4. The second-order valence-electron chi connectivity index (χ2n) is 3.23. The molecule has 78 valence electrons. The van der Waals surface area contributed by atoms with Crippen LogP contribution in [0.5, 0.6) is 5.75 Å². The molecule has 0 aromatic carbocycles. The Labute approximate surface area is 84.0 Å². The van der Waals surface area contributed by atoms with Crippen molar-refractivity contribution in [1.29, 1.82) is 0 Å². The molecular formula is C10H16N2O2. The maximum absolute atomic E-state index is 5.55. The Morgan fingerprint density at radius 1 is 1.50 bits per heavy atom. The lowest BCUT2D eigenvalue weighted by molar-refractivity contribution is 0.111. The van der Waals surface area contributed by atoms with Crippen LogP contribution >= 0.6 is 0 Å². The van der Waals surface area contributed by atoms with Crippen LogP contribution in [-0.2, 0) is 11.3 Å². The first-order valence-corrected chi connectivity index (χ1v) is 4.53. The van der Waals surface area contributed by atoms with Crippen LogP contribution in [0.2, 0.25) is 0 Å². The van der Waals surface area contributed by atoms with Crippen LogP contribution in [0.1, 0.15) is 12.5 Å². The van der Waals surface area contributed by atoms with Gasteiger partial charge < -0.3 is 15.2 Å². The van der Waals surface area contributed by atoms with Crippen molar-refractivity contribution in [3.05, 3.63) is 24.0 Å². The molecule has 0 amide bonds. The second kappa shape index (κ2) is 5.57. The standard InChI is InChI=1S/C10H16N2O2/c1-8(11)6-14-7-9-3-10(13-2)5-12-4-9/h3-5,8H,6-7,11H2,1-2H3. The van der Waals surface area contributed by atoms with Gasteiger partial charge in [-0.15, -0.1) is 0 Å². The topological polar surface area (TPSA) is 57.4 Å². The van der Waals surface area contributed by atoms with Gasteiger partial charge in [0, 0.05) is 12.2 Å². The Bertz CT molecular complexity index is 277. The molecule has 0 aliphatic rings. The third-order valence-electron chi connectivity index (χ3n) is 1.65. The van der Waals surface area contributed by atoms with Crippen LogP contribution in [0.25, 0.3) is 0 Å². The summed E-state index contributed by atoms with van der Waals surface area (Å²) in [6.07, 6.45) is 3.42. The normalized spacial score (nSPS) is 12.5. The van der Waals surface area contributed by atoms with Crippen LogP contribution in [0.4, 0.5) is 0 Å². The van der Waals surface area contributed by atoms with Gasteiger partial charge in [-0.05, 0) is 18.6 Å². The Hall–Kier alpha value is -1.13. The molecule has 1 atom stereocenters. The average molecular weight is 196 g/mol. The molecule has 0 aliphatic heterocycles. The summed E-state index contributed by atoms with van der Waals surface area (Å²) in [4.78, 5) is 4.02. The lowest BCUT2D eigenvalue weighted by atomic mass is 10.3. The Balaban J connectivity index is 2.42. The number of rotatable bonds is 5. The van der Waals surface area contributed by atoms with E-state index in [2.05, 4.69) is 4.98 Å². The van der Waals surface area contributed by atoms with E-state index < -0.39 is 0 Å². The predicted molar refractivity (Wildman–Crippen MR) is 54.1 cm³/mol. The van der Waals surface area contributed by atoms with Gasteiger partial charge in [-0.1, -0.05) is 0 Å². The summed E-state index contributed by atoms with van der Waals surface area (Å²) in [5.74, 6) is 0.742. The highest BCUT2D eigenvalue weighted by Crippen LogP contribution is 2.10. The molecule has 1 aromatic rings. The number of pyridine rings is 1. The molecule has 1 unspecified atom stereocenters. The summed E-state index contributed by atoms with van der Waals surface area (Å²) < 4.78 is 10.4. The molecule has 0 spiro atoms. The molecule has 0 radical (unpaired) electrons. The van der Waals surface area contributed by atoms with Gasteiger partial charge in [0.15, 0.2) is 0 Å². The Morgan fingerprint density at radius 2 is 2.29 bits per heavy atom. The molecule has 1 rings (SSSR count). The van der Waals surface area contributed by atoms with E-state index in [1.807, 2.05) is 13.0 Å². The summed E-state index contributed by atoms with van der Waals surface area (Å²) in [5.41, 5.74) is 6.54. The SMILES string of the molecule is COc1cncc(COCC(C)N)c1. The summed E-state index contributed by atoms with van der Waals surface area (Å²) in [5, 5.41) is 0. The van der Waals surface area contributed by atoms with E-state index in [1.54, 1.807) is 19.5 Å². The molecule has 0 saturated heterocycles. The first-order chi connectivity index (χ1) is 6.72. The van der Waals surface area contributed by atoms with E-state index in [0.29, 0.717) is 13.2 Å². The van der Waals surface area contributed by atoms with Crippen molar-refractivity contribution >= 4 is 0 Å². The van der Waals surface area contributed by atoms with Gasteiger partial charge in [0.2, 0.25) is 0 Å². The van der Waals surface area contributed by atoms with Crippen molar-refractivity contribution in [2.24, 2.45) is 5.73 Å². The van der Waals surface area contributed by atoms with E-state index in [0.717, 1.165) is 11.3 Å². The highest BCUT2D eigenvalue weighted by atomic mass is 16.5. The van der Waals surface area contributed by atoms with Crippen molar-refractivity contribution in [1.82, 2.24) is 4.98 Å². The zero-order chi connectivity index (χ0) is 10.4. The maximum atomic E-state index is 5.55. The largest absolute Gasteiger partial charge is 0.495 e. The third-order valence-corrected chi connectivity index (χ3v) is 1.65. The van der Waals surface area contributed by atoms with Gasteiger partial charge in [0.1, 0.15) is 5.75 Å². The first kappa shape index (κ1) is 10.9. The van der Waals surface area contributed by atoms with Crippen LogP contribution in [0, 0.1) is 0 Å². The maximum Gasteiger partial charge on any atom is 0.137 e. The minimum Gasteiger partial charge on any atom is -0.495 e. The Morgan fingerprint density at radius 3 is 2.93 bits per heavy atom. The summed E-state index contributed by atoms with van der Waals surface area (Å²) >= 11 is 0. The molecule has 4 heteroatoms. The number of aromatic nitrogens is 1. The van der Waals surface area contributed by atoms with E-state index in [9.17, 15) is 0 Å². The van der Waals surface area contributed by atoms with Gasteiger partial charge in [0.25, 0.3) is 0 Å². The van der Waals surface area contributed by atoms with E-state index in [-0.39, 0.29) is 6.04 Å². The van der Waals surface area contributed by atoms with Gasteiger partial charge in [-0.3, -0.25) is 4.98 Å². The predicted octanol–water partition coefficient (Wildman–Crippen LogP) is 0.954. The van der Waals surface area contributed by atoms with E-state index in [1.165, 1.54) is 0 Å². The zero-order valence-corrected chi connectivity index (χ0v) is 8.56. The molecule has 1 aromatic heterocycles. The number of ether oxygens (including phenoxy) is 2. The minimum absolute atomic E-state index is 0.0635. The smallest absolute Gasteiger partial charge is 0.137 e. The molecular weight excluding hydrogens is 180 g/mol. The molecule has 2 N–H and O–H groups in total. The summed E-state index contributed by atoms with van der Waals surface area (Å²) in [7, 11) is 1.61. The zero-order valence-electron chi connectivity index (χ0n) is 8.56. The lowest BCUT2D eigenvalue weighted by Gasteiger charge is -2.07. The molecule has 0 aliphatic carbocycles. The Kier molecular flexibility index (Phi) is 4.35. The van der Waals surface area contributed by atoms with Crippen molar-refractivity contribution < 1.29 is 9.47 Å². The lowest BCUT2D eigenvalue weighted by Crippen LogP contribution is -2.21. The van der Waals surface area contributed by atoms with Crippen molar-refractivity contribution in [2.45, 2.75) is 19.6 Å². The van der Waals surface area contributed by atoms with Crippen molar-refractivity contribution in [3.8, 4) is 5.75 Å². The molecule has 1 heterocycles. The van der Waals surface area contributed by atoms with Gasteiger partial charge in [0.05, 0.1) is 26.5 Å². The third kappa shape index (κ3) is 3.72. The molecule has 4 nitrogen and oxygen atoms in total. The fourth-order valence-corrected chi connectivity index (χ4v) is 1.02. The van der Waals surface area contributed by atoms with Gasteiger partial charge in [-0.2, -0.15) is 0 Å². The van der Waals surface area contributed by atoms with Crippen LogP contribution < -0.4 is 10.5 Å². The number of hydrogen-bond donors (Lipinski definition) is 1. The van der Waals surface area contributed by atoms with E-state index in [4.69, 9.17) is 15.2 Å². The number of methoxy groups -OCH3 is 1. The first-order valence-electron chi connectivity index (χ1n) is 4.53. The molecule has 0 fully saturated rings. The fourth-order valence-electron chi connectivity index (χ4n) is 1.02. The van der Waals surface area contributed by atoms with E-state index >= 15 is 0 Å². The molecule has 0 bridgehead atoms. The summed E-state index contributed by atoms with van der Waals surface area (Å²) in [6.45, 7) is 2.98. The highest BCUT2D eigenvalue weighted by molar-refractivity contribution is 5.22. The molecule has 14 heavy (non-hydrogen) atoms. The average Bonchev–Trinajstić information content (AvgIpc) is 2.18. The van der Waals surface area contributed by atoms with Gasteiger partial charge >= 0.3 is 0 Å². The number of nitrogens with zero attached hydrogens (tertiary/aromatic N) is 1. The minimum atomic E-state index is 0.0635. The van der Waals surface area contributed by atoms with Crippen molar-refractivity contribution in [2.75, 3.05) is 13.7 Å². The quantitative estimate of drug-likeness (QED) is 0.762. The molecule has 0 saturated carbocycles. The van der Waals surface area contributed by atoms with Gasteiger partial charge in [-0.25, -0.2) is 0 Å². The monoisotopic (exact) mass is 196 g/mol. The van der Waals surface area contributed by atoms with Crippen LogP contribution in [-0.4, -0.2) is 24.7 Å². The highest BCUT2D eigenvalue weighted by Gasteiger charge is 1.98. The fraction of sp³-hybridized carbons (Fsp3) is 0.500. The van der Waals surface area contributed by atoms with Crippen LogP contribution in [0.3, 0.4) is 0 Å². The summed E-state index contributed by atoms with van der Waals surface area (Å²) in [6, 6.07) is 1.96. The number of nitrogens with two attached hydrogens (primary N) is 1. The van der Waals surface area contributed by atoms with Crippen LogP contribution in [0.15, 0.2) is 18.5 Å². The van der Waals surface area contributed by atoms with Crippen molar-refractivity contribution in [3.63, 3.8) is 0 Å².